The zero-order valence-electron chi connectivity index (χ0n) is 13.0. The predicted molar refractivity (Wildman–Crippen MR) is 92.0 cm³/mol. The Morgan fingerprint density at radius 2 is 2.43 bits per heavy atom. The Kier molecular flexibility index (Phi) is 6.06. The first-order valence-corrected chi connectivity index (χ1v) is 7.87. The number of nitrogens with one attached hydrogen (secondary N) is 2. The van der Waals surface area contributed by atoms with Crippen LogP contribution in [0.3, 0.4) is 0 Å². The van der Waals surface area contributed by atoms with Crippen molar-refractivity contribution in [2.45, 2.75) is 25.8 Å². The molecule has 124 valence electrons. The summed E-state index contributed by atoms with van der Waals surface area (Å²) in [7, 11) is 0. The van der Waals surface area contributed by atoms with Crippen molar-refractivity contribution in [2.24, 2.45) is 16.6 Å². The minimum absolute atomic E-state index is 0.0780. The van der Waals surface area contributed by atoms with Gasteiger partial charge in [0.1, 0.15) is 18.0 Å². The first-order chi connectivity index (χ1) is 11.0. The highest BCUT2D eigenvalue weighted by atomic mass is 35.5. The number of rotatable bonds is 5. The Hall–Kier alpha value is -1.99. The van der Waals surface area contributed by atoms with Gasteiger partial charge in [0, 0.05) is 18.7 Å². The number of carbonyl (C=O) groups is 1. The number of amides is 1. The van der Waals surface area contributed by atoms with E-state index in [1.807, 2.05) is 6.92 Å². The maximum absolute atomic E-state index is 12.4. The highest BCUT2D eigenvalue weighted by Crippen LogP contribution is 2.19. The number of aliphatic imine (C=N–C) groups is 1. The number of carbonyl (C=O) groups excluding carboxylic acids is 1. The van der Waals surface area contributed by atoms with E-state index in [9.17, 15) is 4.79 Å². The van der Waals surface area contributed by atoms with E-state index in [1.54, 1.807) is 12.1 Å². The molecule has 1 aromatic heterocycles. The second-order valence-corrected chi connectivity index (χ2v) is 5.98. The lowest BCUT2D eigenvalue weighted by molar-refractivity contribution is -0.121. The Balaban J connectivity index is 1.97. The number of hydrogen-bond acceptors (Lipinski definition) is 4. The molecule has 0 spiro atoms. The van der Waals surface area contributed by atoms with Gasteiger partial charge in [-0.1, -0.05) is 11.6 Å². The van der Waals surface area contributed by atoms with E-state index in [-0.39, 0.29) is 17.9 Å². The fourth-order valence-corrected chi connectivity index (χ4v) is 2.74. The molecule has 23 heavy (non-hydrogen) atoms. The van der Waals surface area contributed by atoms with Crippen molar-refractivity contribution in [2.75, 3.05) is 18.4 Å². The first-order valence-electron chi connectivity index (χ1n) is 7.50. The van der Waals surface area contributed by atoms with Crippen molar-refractivity contribution in [3.63, 3.8) is 0 Å². The number of halogens is 1. The molecule has 0 bridgehead atoms. The van der Waals surface area contributed by atoms with Crippen molar-refractivity contribution in [3.8, 4) is 0 Å². The van der Waals surface area contributed by atoms with Gasteiger partial charge in [0.25, 0.3) is 0 Å². The fourth-order valence-electron chi connectivity index (χ4n) is 2.63. The molecule has 1 saturated heterocycles. The highest BCUT2D eigenvalue weighted by molar-refractivity contribution is 6.30. The second kappa shape index (κ2) is 8.03. The highest BCUT2D eigenvalue weighted by Gasteiger charge is 2.29. The van der Waals surface area contributed by atoms with Crippen LogP contribution in [0.15, 0.2) is 23.3 Å². The molecule has 0 saturated carbocycles. The molecule has 4 N–H and O–H groups in total. The third-order valence-electron chi connectivity index (χ3n) is 3.99. The van der Waals surface area contributed by atoms with Crippen LogP contribution in [0.2, 0.25) is 5.02 Å². The van der Waals surface area contributed by atoms with Crippen LogP contribution in [0.1, 0.15) is 19.8 Å². The molecule has 2 heterocycles. The quantitative estimate of drug-likeness (QED) is 0.562. The van der Waals surface area contributed by atoms with E-state index in [4.69, 9.17) is 22.7 Å². The van der Waals surface area contributed by atoms with Crippen LogP contribution in [0.4, 0.5) is 5.82 Å². The van der Waals surface area contributed by atoms with Crippen LogP contribution >= 0.6 is 11.6 Å². The topological polar surface area (TPSA) is 107 Å². The van der Waals surface area contributed by atoms with Crippen molar-refractivity contribution >= 4 is 35.5 Å². The van der Waals surface area contributed by atoms with Gasteiger partial charge in [0.15, 0.2) is 0 Å². The van der Waals surface area contributed by atoms with E-state index in [2.05, 4.69) is 20.2 Å². The molecule has 1 fully saturated rings. The summed E-state index contributed by atoms with van der Waals surface area (Å²) in [6.07, 6.45) is 4.31. The number of nitrogens with two attached hydrogens (primary N) is 1. The van der Waals surface area contributed by atoms with Crippen LogP contribution in [-0.2, 0) is 4.79 Å². The number of hydrogen-bond donors (Lipinski definition) is 3. The summed E-state index contributed by atoms with van der Waals surface area (Å²) < 4.78 is 0. The van der Waals surface area contributed by atoms with Crippen LogP contribution in [-0.4, -0.2) is 47.1 Å². The van der Waals surface area contributed by atoms with Gasteiger partial charge in [-0.25, -0.2) is 9.98 Å². The number of amidine groups is 1. The summed E-state index contributed by atoms with van der Waals surface area (Å²) in [6.45, 7) is 3.35. The van der Waals surface area contributed by atoms with Gasteiger partial charge in [0.05, 0.1) is 11.1 Å². The van der Waals surface area contributed by atoms with Crippen molar-refractivity contribution in [1.29, 1.82) is 5.41 Å². The monoisotopic (exact) mass is 336 g/mol. The molecule has 2 atom stereocenters. The number of aromatic nitrogens is 1. The minimum Gasteiger partial charge on any atom is -0.387 e. The standard InChI is InChI=1S/C15H21ClN6O/c1-10(15(23)21-13-5-4-12(16)7-19-13)22-6-2-3-11(8-22)14(18)20-9-17/h4-5,7,9-11H,2-3,6,8H2,1H3,(H3,17,18,20)(H,19,21,23)/t10-,11?/m0/s1. The van der Waals surface area contributed by atoms with Crippen LogP contribution in [0.5, 0.6) is 0 Å². The largest absolute Gasteiger partial charge is 0.387 e. The third kappa shape index (κ3) is 4.74. The number of pyridine rings is 1. The summed E-state index contributed by atoms with van der Waals surface area (Å²) >= 11 is 5.78. The van der Waals surface area contributed by atoms with Gasteiger partial charge in [-0.2, -0.15) is 0 Å². The Morgan fingerprint density at radius 3 is 3.09 bits per heavy atom. The number of likely N-dealkylation sites (tertiary alicyclic amines) is 1. The number of piperidine rings is 1. The second-order valence-electron chi connectivity index (χ2n) is 5.54. The SMILES string of the molecule is C[C@@H](C(=O)Nc1ccc(Cl)cn1)N1CCCC(C(N)=NC=N)C1. The zero-order valence-corrected chi connectivity index (χ0v) is 13.8. The van der Waals surface area contributed by atoms with E-state index in [1.165, 1.54) is 6.20 Å². The molecular weight excluding hydrogens is 316 g/mol. The van der Waals surface area contributed by atoms with E-state index < -0.39 is 0 Å². The molecule has 1 amide bonds. The van der Waals surface area contributed by atoms with Crippen molar-refractivity contribution in [3.05, 3.63) is 23.4 Å². The molecule has 1 aromatic rings. The fraction of sp³-hybridized carbons (Fsp3) is 0.467. The van der Waals surface area contributed by atoms with Crippen molar-refractivity contribution < 1.29 is 4.79 Å². The first kappa shape index (κ1) is 17.4. The summed E-state index contributed by atoms with van der Waals surface area (Å²) in [4.78, 5) is 22.4. The van der Waals surface area contributed by atoms with Gasteiger partial charge in [-0.05, 0) is 38.4 Å². The average Bonchev–Trinajstić information content (AvgIpc) is 2.56. The summed E-state index contributed by atoms with van der Waals surface area (Å²) in [6, 6.07) is 3.05. The smallest absolute Gasteiger partial charge is 0.242 e. The minimum atomic E-state index is -0.303. The van der Waals surface area contributed by atoms with E-state index >= 15 is 0 Å². The zero-order chi connectivity index (χ0) is 16.8. The van der Waals surface area contributed by atoms with Gasteiger partial charge in [-0.15, -0.1) is 0 Å². The van der Waals surface area contributed by atoms with Gasteiger partial charge in [-0.3, -0.25) is 15.1 Å². The molecule has 0 aromatic carbocycles. The van der Waals surface area contributed by atoms with Gasteiger partial charge in [0.2, 0.25) is 5.91 Å². The molecule has 8 heteroatoms. The Labute approximate surface area is 140 Å². The Morgan fingerprint density at radius 1 is 1.65 bits per heavy atom. The molecule has 1 unspecified atom stereocenters. The van der Waals surface area contributed by atoms with E-state index in [0.29, 0.717) is 23.2 Å². The molecule has 2 rings (SSSR count). The third-order valence-corrected chi connectivity index (χ3v) is 4.21. The normalized spacial score (nSPS) is 20.8. The molecule has 0 radical (unpaired) electrons. The molecule has 0 aliphatic carbocycles. The maximum atomic E-state index is 12.4. The Bertz CT molecular complexity index is 588. The number of anilines is 1. The predicted octanol–water partition coefficient (Wildman–Crippen LogP) is 1.74. The maximum Gasteiger partial charge on any atom is 0.242 e. The number of nitrogens with zero attached hydrogens (tertiary/aromatic N) is 3. The summed E-state index contributed by atoms with van der Waals surface area (Å²) in [5, 5.41) is 10.3. The molecule has 1 aliphatic heterocycles. The lowest BCUT2D eigenvalue weighted by Gasteiger charge is -2.35. The average molecular weight is 337 g/mol. The lowest BCUT2D eigenvalue weighted by atomic mass is 9.95. The molecule has 1 aliphatic rings. The summed E-state index contributed by atoms with van der Waals surface area (Å²) in [5.74, 6) is 0.888. The van der Waals surface area contributed by atoms with Crippen LogP contribution in [0.25, 0.3) is 0 Å². The summed E-state index contributed by atoms with van der Waals surface area (Å²) in [5.41, 5.74) is 5.88. The lowest BCUT2D eigenvalue weighted by Crippen LogP contribution is -2.49. The molecule has 7 nitrogen and oxygen atoms in total. The van der Waals surface area contributed by atoms with Gasteiger partial charge < -0.3 is 11.1 Å². The van der Waals surface area contributed by atoms with Gasteiger partial charge >= 0.3 is 0 Å². The van der Waals surface area contributed by atoms with Crippen molar-refractivity contribution in [1.82, 2.24) is 9.88 Å². The van der Waals surface area contributed by atoms with Crippen LogP contribution < -0.4 is 11.1 Å². The van der Waals surface area contributed by atoms with E-state index in [0.717, 1.165) is 25.7 Å². The van der Waals surface area contributed by atoms with Crippen LogP contribution in [0, 0.1) is 11.3 Å². The molecular formula is C15H21ClN6O.